The van der Waals surface area contributed by atoms with Gasteiger partial charge in [-0.2, -0.15) is 0 Å². The molecule has 1 amide bonds. The number of nitrogens with zero attached hydrogens (tertiary/aromatic N) is 1. The molecule has 1 N–H and O–H groups in total. The van der Waals surface area contributed by atoms with Crippen molar-refractivity contribution in [1.29, 1.82) is 0 Å². The first-order valence-corrected chi connectivity index (χ1v) is 9.62. The molecule has 0 aliphatic rings. The van der Waals surface area contributed by atoms with Crippen molar-refractivity contribution in [2.24, 2.45) is 0 Å². The number of methoxy groups -OCH3 is 1. The molecule has 0 unspecified atom stereocenters. The van der Waals surface area contributed by atoms with Crippen LogP contribution in [0.5, 0.6) is 5.75 Å². The third-order valence-electron chi connectivity index (χ3n) is 3.73. The van der Waals surface area contributed by atoms with Crippen LogP contribution in [0.3, 0.4) is 0 Å². The van der Waals surface area contributed by atoms with E-state index >= 15 is 0 Å². The van der Waals surface area contributed by atoms with E-state index in [1.54, 1.807) is 24.3 Å². The molecule has 0 fully saturated rings. The standard InChI is InChI=1S/C18H22N2O4S/c1-14(15-7-5-4-6-8-15)19-18(21)13-20(25(3,22)23)16-9-11-17(24-2)12-10-16/h4-12,14H,13H2,1-3H3,(H,19,21)/t14-/m0/s1. The molecule has 2 aromatic rings. The highest BCUT2D eigenvalue weighted by Gasteiger charge is 2.21. The number of hydrogen-bond donors (Lipinski definition) is 1. The Bertz CT molecular complexity index is 805. The summed E-state index contributed by atoms with van der Waals surface area (Å²) in [5.74, 6) is 0.233. The van der Waals surface area contributed by atoms with Crippen molar-refractivity contribution in [1.82, 2.24) is 5.32 Å². The van der Waals surface area contributed by atoms with Gasteiger partial charge in [-0.1, -0.05) is 30.3 Å². The zero-order chi connectivity index (χ0) is 18.4. The third-order valence-corrected chi connectivity index (χ3v) is 4.87. The Morgan fingerprint density at radius 3 is 2.24 bits per heavy atom. The summed E-state index contributed by atoms with van der Waals surface area (Å²) in [6.45, 7) is 1.56. The van der Waals surface area contributed by atoms with Crippen molar-refractivity contribution in [2.45, 2.75) is 13.0 Å². The summed E-state index contributed by atoms with van der Waals surface area (Å²) in [5.41, 5.74) is 1.36. The van der Waals surface area contributed by atoms with Gasteiger partial charge in [-0.05, 0) is 36.8 Å². The number of carbonyl (C=O) groups is 1. The molecule has 0 saturated heterocycles. The first-order valence-electron chi connectivity index (χ1n) is 7.77. The largest absolute Gasteiger partial charge is 0.497 e. The van der Waals surface area contributed by atoms with Crippen LogP contribution in [0.25, 0.3) is 0 Å². The summed E-state index contributed by atoms with van der Waals surface area (Å²) >= 11 is 0. The molecule has 0 heterocycles. The molecule has 0 radical (unpaired) electrons. The highest BCUT2D eigenvalue weighted by Crippen LogP contribution is 2.21. The number of nitrogens with one attached hydrogen (secondary N) is 1. The Morgan fingerprint density at radius 2 is 1.72 bits per heavy atom. The molecule has 134 valence electrons. The van der Waals surface area contributed by atoms with Crippen molar-refractivity contribution in [3.63, 3.8) is 0 Å². The quantitative estimate of drug-likeness (QED) is 0.820. The van der Waals surface area contributed by atoms with Crippen molar-refractivity contribution in [3.05, 3.63) is 60.2 Å². The number of sulfonamides is 1. The first-order chi connectivity index (χ1) is 11.8. The maximum absolute atomic E-state index is 12.3. The predicted molar refractivity (Wildman–Crippen MR) is 98.2 cm³/mol. The summed E-state index contributed by atoms with van der Waals surface area (Å²) < 4.78 is 30.3. The second-order valence-corrected chi connectivity index (χ2v) is 7.57. The van der Waals surface area contributed by atoms with Gasteiger partial charge in [0.1, 0.15) is 12.3 Å². The molecule has 25 heavy (non-hydrogen) atoms. The lowest BCUT2D eigenvalue weighted by atomic mass is 10.1. The van der Waals surface area contributed by atoms with Gasteiger partial charge in [-0.3, -0.25) is 9.10 Å². The van der Waals surface area contributed by atoms with Gasteiger partial charge < -0.3 is 10.1 Å². The molecule has 1 atom stereocenters. The average molecular weight is 362 g/mol. The smallest absolute Gasteiger partial charge is 0.241 e. The van der Waals surface area contributed by atoms with E-state index in [-0.39, 0.29) is 18.5 Å². The number of amides is 1. The number of rotatable bonds is 7. The van der Waals surface area contributed by atoms with Crippen molar-refractivity contribution >= 4 is 21.6 Å². The van der Waals surface area contributed by atoms with Gasteiger partial charge in [-0.25, -0.2) is 8.42 Å². The van der Waals surface area contributed by atoms with E-state index in [9.17, 15) is 13.2 Å². The Labute approximate surface area is 148 Å². The van der Waals surface area contributed by atoms with Gasteiger partial charge in [0.05, 0.1) is 25.1 Å². The molecule has 0 aliphatic heterocycles. The van der Waals surface area contributed by atoms with Gasteiger partial charge >= 0.3 is 0 Å². The molecule has 7 heteroatoms. The summed E-state index contributed by atoms with van der Waals surface area (Å²) in [6, 6.07) is 15.8. The minimum atomic E-state index is -3.60. The number of anilines is 1. The summed E-state index contributed by atoms with van der Waals surface area (Å²) in [5, 5.41) is 2.82. The summed E-state index contributed by atoms with van der Waals surface area (Å²) in [6.07, 6.45) is 1.07. The van der Waals surface area contributed by atoms with E-state index in [0.717, 1.165) is 16.1 Å². The lowest BCUT2D eigenvalue weighted by molar-refractivity contribution is -0.120. The molecule has 0 aromatic heterocycles. The van der Waals surface area contributed by atoms with Crippen LogP contribution >= 0.6 is 0 Å². The van der Waals surface area contributed by atoms with Crippen LogP contribution in [0.1, 0.15) is 18.5 Å². The van der Waals surface area contributed by atoms with Crippen LogP contribution < -0.4 is 14.4 Å². The molecule has 2 aromatic carbocycles. The first kappa shape index (κ1) is 18.8. The molecule has 0 spiro atoms. The maximum atomic E-state index is 12.3. The van der Waals surface area contributed by atoms with E-state index in [0.29, 0.717) is 11.4 Å². The monoisotopic (exact) mass is 362 g/mol. The fourth-order valence-corrected chi connectivity index (χ4v) is 3.25. The Kier molecular flexibility index (Phi) is 6.03. The summed E-state index contributed by atoms with van der Waals surface area (Å²) in [4.78, 5) is 12.3. The minimum absolute atomic E-state index is 0.217. The van der Waals surface area contributed by atoms with Crippen LogP contribution in [0, 0.1) is 0 Å². The number of carbonyl (C=O) groups excluding carboxylic acids is 1. The lowest BCUT2D eigenvalue weighted by Gasteiger charge is -2.23. The van der Waals surface area contributed by atoms with Crippen molar-refractivity contribution in [2.75, 3.05) is 24.2 Å². The second kappa shape index (κ2) is 8.02. The SMILES string of the molecule is COc1ccc(N(CC(=O)N[C@@H](C)c2ccccc2)S(C)(=O)=O)cc1. The van der Waals surface area contributed by atoms with Gasteiger partial charge in [0.25, 0.3) is 0 Å². The van der Waals surface area contributed by atoms with E-state index in [1.807, 2.05) is 37.3 Å². The Hall–Kier alpha value is -2.54. The highest BCUT2D eigenvalue weighted by molar-refractivity contribution is 7.92. The van der Waals surface area contributed by atoms with Crippen LogP contribution in [0.4, 0.5) is 5.69 Å². The number of hydrogen-bond acceptors (Lipinski definition) is 4. The predicted octanol–water partition coefficient (Wildman–Crippen LogP) is 2.34. The normalized spacial score (nSPS) is 12.3. The van der Waals surface area contributed by atoms with Gasteiger partial charge in [0, 0.05) is 0 Å². The molecule has 0 aliphatic carbocycles. The fraction of sp³-hybridized carbons (Fsp3) is 0.278. The van der Waals surface area contributed by atoms with Crippen LogP contribution in [-0.4, -0.2) is 34.2 Å². The van der Waals surface area contributed by atoms with E-state index in [1.165, 1.54) is 7.11 Å². The van der Waals surface area contributed by atoms with Crippen LogP contribution in [-0.2, 0) is 14.8 Å². The van der Waals surface area contributed by atoms with Crippen LogP contribution in [0.2, 0.25) is 0 Å². The fourth-order valence-electron chi connectivity index (χ4n) is 2.39. The zero-order valence-corrected chi connectivity index (χ0v) is 15.3. The molecular weight excluding hydrogens is 340 g/mol. The molecule has 0 bridgehead atoms. The number of benzene rings is 2. The van der Waals surface area contributed by atoms with Gasteiger partial charge in [-0.15, -0.1) is 0 Å². The van der Waals surface area contributed by atoms with Gasteiger partial charge in [0.2, 0.25) is 15.9 Å². The maximum Gasteiger partial charge on any atom is 0.241 e. The van der Waals surface area contributed by atoms with E-state index < -0.39 is 10.0 Å². The molecule has 6 nitrogen and oxygen atoms in total. The second-order valence-electron chi connectivity index (χ2n) is 5.67. The van der Waals surface area contributed by atoms with E-state index in [4.69, 9.17) is 4.74 Å². The van der Waals surface area contributed by atoms with Crippen molar-refractivity contribution in [3.8, 4) is 5.75 Å². The lowest BCUT2D eigenvalue weighted by Crippen LogP contribution is -2.41. The van der Waals surface area contributed by atoms with E-state index in [2.05, 4.69) is 5.32 Å². The van der Waals surface area contributed by atoms with Crippen LogP contribution in [0.15, 0.2) is 54.6 Å². The highest BCUT2D eigenvalue weighted by atomic mass is 32.2. The third kappa shape index (κ3) is 5.22. The van der Waals surface area contributed by atoms with Gasteiger partial charge in [0.15, 0.2) is 0 Å². The molecular formula is C18H22N2O4S. The number of ether oxygens (including phenoxy) is 1. The Morgan fingerprint density at radius 1 is 1.12 bits per heavy atom. The van der Waals surface area contributed by atoms with Crippen molar-refractivity contribution < 1.29 is 17.9 Å². The minimum Gasteiger partial charge on any atom is -0.497 e. The molecule has 2 rings (SSSR count). The zero-order valence-electron chi connectivity index (χ0n) is 14.5. The Balaban J connectivity index is 2.12. The summed E-state index contributed by atoms with van der Waals surface area (Å²) in [7, 11) is -2.07. The molecule has 0 saturated carbocycles. The average Bonchev–Trinajstić information content (AvgIpc) is 2.59. The topological polar surface area (TPSA) is 75.7 Å².